The molecule has 1 aromatic rings. The van der Waals surface area contributed by atoms with Crippen molar-refractivity contribution >= 4 is 0 Å². The van der Waals surface area contributed by atoms with Crippen molar-refractivity contribution < 1.29 is 14.2 Å². The van der Waals surface area contributed by atoms with Crippen LogP contribution in [0, 0.1) is 0 Å². The molecule has 0 aliphatic carbocycles. The van der Waals surface area contributed by atoms with Gasteiger partial charge in [-0.25, -0.2) is 0 Å². The van der Waals surface area contributed by atoms with Gasteiger partial charge in [-0.1, -0.05) is 0 Å². The molecule has 1 fully saturated rings. The average Bonchev–Trinajstić information content (AvgIpc) is 2.97. The van der Waals surface area contributed by atoms with Gasteiger partial charge in [0.1, 0.15) is 17.1 Å². The second kappa shape index (κ2) is 3.17. The lowest BCUT2D eigenvalue weighted by molar-refractivity contribution is 0.325. The van der Waals surface area contributed by atoms with Crippen LogP contribution in [0.1, 0.15) is 12.5 Å². The number of epoxide rings is 1. The number of hydrogen-bond acceptors (Lipinski definition) is 3. The lowest BCUT2D eigenvalue weighted by Gasteiger charge is -2.10. The average molecular weight is 194 g/mol. The lowest BCUT2D eigenvalue weighted by atomic mass is 10.0. The summed E-state index contributed by atoms with van der Waals surface area (Å²) >= 11 is 0. The minimum Gasteiger partial charge on any atom is -0.497 e. The van der Waals surface area contributed by atoms with E-state index in [1.807, 2.05) is 18.2 Å². The van der Waals surface area contributed by atoms with Crippen LogP contribution < -0.4 is 9.47 Å². The highest BCUT2D eigenvalue weighted by Gasteiger charge is 2.41. The topological polar surface area (TPSA) is 31.0 Å². The highest BCUT2D eigenvalue weighted by atomic mass is 16.6. The normalized spacial score (nSPS) is 24.5. The Kier molecular flexibility index (Phi) is 2.11. The van der Waals surface area contributed by atoms with Gasteiger partial charge >= 0.3 is 0 Å². The molecular formula is C11H14O3. The minimum absolute atomic E-state index is 0.137. The third-order valence-corrected chi connectivity index (χ3v) is 2.54. The van der Waals surface area contributed by atoms with Gasteiger partial charge in [0.2, 0.25) is 0 Å². The van der Waals surface area contributed by atoms with E-state index in [9.17, 15) is 0 Å². The minimum atomic E-state index is -0.137. The largest absolute Gasteiger partial charge is 0.497 e. The van der Waals surface area contributed by atoms with Gasteiger partial charge < -0.3 is 14.2 Å². The molecule has 1 aliphatic heterocycles. The third-order valence-electron chi connectivity index (χ3n) is 2.54. The molecule has 0 radical (unpaired) electrons. The third kappa shape index (κ3) is 1.55. The molecule has 1 heterocycles. The summed E-state index contributed by atoms with van der Waals surface area (Å²) < 4.78 is 15.7. The van der Waals surface area contributed by atoms with Crippen LogP contribution in [0.3, 0.4) is 0 Å². The Balaban J connectivity index is 2.39. The fourth-order valence-electron chi connectivity index (χ4n) is 1.39. The smallest absolute Gasteiger partial charge is 0.122 e. The van der Waals surface area contributed by atoms with Crippen LogP contribution in [-0.2, 0) is 10.3 Å². The Labute approximate surface area is 83.6 Å². The van der Waals surface area contributed by atoms with Crippen molar-refractivity contribution in [3.8, 4) is 11.5 Å². The summed E-state index contributed by atoms with van der Waals surface area (Å²) in [5.74, 6) is 1.60. The number of methoxy groups -OCH3 is 2. The summed E-state index contributed by atoms with van der Waals surface area (Å²) in [6.45, 7) is 2.82. The fraction of sp³-hybridized carbons (Fsp3) is 0.455. The second-order valence-corrected chi connectivity index (χ2v) is 3.62. The van der Waals surface area contributed by atoms with Crippen LogP contribution in [0.2, 0.25) is 0 Å². The highest BCUT2D eigenvalue weighted by molar-refractivity contribution is 5.42. The van der Waals surface area contributed by atoms with Gasteiger partial charge in [-0.2, -0.15) is 0 Å². The van der Waals surface area contributed by atoms with E-state index in [0.29, 0.717) is 0 Å². The Morgan fingerprint density at radius 2 is 1.64 bits per heavy atom. The van der Waals surface area contributed by atoms with E-state index >= 15 is 0 Å². The molecule has 0 amide bonds. The zero-order valence-corrected chi connectivity index (χ0v) is 8.66. The van der Waals surface area contributed by atoms with E-state index < -0.39 is 0 Å². The molecule has 0 saturated carbocycles. The van der Waals surface area contributed by atoms with Crippen LogP contribution in [-0.4, -0.2) is 20.8 Å². The van der Waals surface area contributed by atoms with E-state index in [-0.39, 0.29) is 5.60 Å². The summed E-state index contributed by atoms with van der Waals surface area (Å²) in [7, 11) is 3.29. The lowest BCUT2D eigenvalue weighted by Crippen LogP contribution is -2.03. The molecule has 0 aromatic heterocycles. The maximum absolute atomic E-state index is 5.37. The van der Waals surface area contributed by atoms with Gasteiger partial charge in [0.05, 0.1) is 20.8 Å². The van der Waals surface area contributed by atoms with Crippen LogP contribution in [0.5, 0.6) is 11.5 Å². The van der Waals surface area contributed by atoms with Crippen molar-refractivity contribution in [2.24, 2.45) is 0 Å². The van der Waals surface area contributed by atoms with Crippen molar-refractivity contribution in [3.05, 3.63) is 23.8 Å². The summed E-state index contributed by atoms with van der Waals surface area (Å²) in [6.07, 6.45) is 0. The molecule has 76 valence electrons. The zero-order chi connectivity index (χ0) is 10.2. The van der Waals surface area contributed by atoms with E-state index in [4.69, 9.17) is 14.2 Å². The van der Waals surface area contributed by atoms with Crippen molar-refractivity contribution in [1.82, 2.24) is 0 Å². The molecule has 3 heteroatoms. The van der Waals surface area contributed by atoms with Gasteiger partial charge in [-0.15, -0.1) is 0 Å². The Morgan fingerprint density at radius 1 is 1.14 bits per heavy atom. The van der Waals surface area contributed by atoms with E-state index in [0.717, 1.165) is 23.7 Å². The molecule has 0 bridgehead atoms. The van der Waals surface area contributed by atoms with Gasteiger partial charge in [0, 0.05) is 6.07 Å². The molecule has 14 heavy (non-hydrogen) atoms. The maximum atomic E-state index is 5.37. The summed E-state index contributed by atoms with van der Waals surface area (Å²) in [4.78, 5) is 0. The van der Waals surface area contributed by atoms with Crippen LogP contribution in [0.4, 0.5) is 0 Å². The summed E-state index contributed by atoms with van der Waals surface area (Å²) in [6, 6.07) is 5.82. The van der Waals surface area contributed by atoms with Gasteiger partial charge in [-0.3, -0.25) is 0 Å². The van der Waals surface area contributed by atoms with Crippen LogP contribution in [0.25, 0.3) is 0 Å². The van der Waals surface area contributed by atoms with E-state index in [1.54, 1.807) is 14.2 Å². The van der Waals surface area contributed by atoms with E-state index in [2.05, 4.69) is 6.92 Å². The number of benzene rings is 1. The molecule has 1 saturated heterocycles. The van der Waals surface area contributed by atoms with Crippen molar-refractivity contribution in [2.45, 2.75) is 12.5 Å². The first-order chi connectivity index (χ1) is 6.68. The molecule has 1 aromatic carbocycles. The number of ether oxygens (including phenoxy) is 3. The second-order valence-electron chi connectivity index (χ2n) is 3.62. The maximum Gasteiger partial charge on any atom is 0.122 e. The zero-order valence-electron chi connectivity index (χ0n) is 8.66. The molecule has 0 N–H and O–H groups in total. The molecule has 3 nitrogen and oxygen atoms in total. The van der Waals surface area contributed by atoms with Crippen LogP contribution in [0.15, 0.2) is 18.2 Å². The predicted octanol–water partition coefficient (Wildman–Crippen LogP) is 1.95. The standard InChI is InChI=1S/C11H14O3/c1-11(7-14-11)8-4-9(12-2)6-10(5-8)13-3/h4-6H,7H2,1-3H3. The van der Waals surface area contributed by atoms with Crippen molar-refractivity contribution in [2.75, 3.05) is 20.8 Å². The monoisotopic (exact) mass is 194 g/mol. The SMILES string of the molecule is COc1cc(OC)cc(C2(C)CO2)c1. The number of hydrogen-bond donors (Lipinski definition) is 0. The first-order valence-electron chi connectivity index (χ1n) is 4.55. The molecular weight excluding hydrogens is 180 g/mol. The van der Waals surface area contributed by atoms with Crippen molar-refractivity contribution in [3.63, 3.8) is 0 Å². The van der Waals surface area contributed by atoms with Gasteiger partial charge in [-0.05, 0) is 24.6 Å². The summed E-state index contributed by atoms with van der Waals surface area (Å²) in [5.41, 5.74) is 0.968. The molecule has 0 spiro atoms. The Hall–Kier alpha value is -1.22. The molecule has 1 unspecified atom stereocenters. The van der Waals surface area contributed by atoms with E-state index in [1.165, 1.54) is 0 Å². The van der Waals surface area contributed by atoms with Gasteiger partial charge in [0.15, 0.2) is 0 Å². The van der Waals surface area contributed by atoms with Gasteiger partial charge in [0.25, 0.3) is 0 Å². The Morgan fingerprint density at radius 3 is 2.00 bits per heavy atom. The molecule has 1 aliphatic rings. The molecule has 2 rings (SSSR count). The predicted molar refractivity (Wildman–Crippen MR) is 52.9 cm³/mol. The fourth-order valence-corrected chi connectivity index (χ4v) is 1.39. The first kappa shape index (κ1) is 9.34. The molecule has 1 atom stereocenters. The van der Waals surface area contributed by atoms with Crippen LogP contribution >= 0.6 is 0 Å². The highest BCUT2D eigenvalue weighted by Crippen LogP contribution is 2.40. The number of rotatable bonds is 3. The van der Waals surface area contributed by atoms with Crippen molar-refractivity contribution in [1.29, 1.82) is 0 Å². The Bertz CT molecular complexity index is 320. The summed E-state index contributed by atoms with van der Waals surface area (Å²) in [5, 5.41) is 0. The quantitative estimate of drug-likeness (QED) is 0.689. The first-order valence-corrected chi connectivity index (χ1v) is 4.55.